The van der Waals surface area contributed by atoms with Crippen LogP contribution in [0.3, 0.4) is 0 Å². The minimum atomic E-state index is 0.572. The molecule has 0 amide bonds. The number of hydrogen-bond acceptors (Lipinski definition) is 2. The van der Waals surface area contributed by atoms with Crippen molar-refractivity contribution in [1.29, 1.82) is 0 Å². The molecule has 1 heterocycles. The number of nitrogens with zero attached hydrogens (tertiary/aromatic N) is 3. The van der Waals surface area contributed by atoms with Crippen molar-refractivity contribution in [1.82, 2.24) is 9.80 Å². The van der Waals surface area contributed by atoms with Crippen LogP contribution in [0.4, 0.5) is 5.69 Å². The average molecular weight is 246 g/mol. The Labute approximate surface area is 109 Å². The Kier molecular flexibility index (Phi) is 4.20. The monoisotopic (exact) mass is 246 g/mol. The van der Waals surface area contributed by atoms with Gasteiger partial charge < -0.3 is 15.5 Å². The first-order chi connectivity index (χ1) is 8.66. The molecule has 1 aliphatic rings. The normalized spacial score (nSPS) is 21.4. The van der Waals surface area contributed by atoms with Gasteiger partial charge in [-0.25, -0.2) is 4.99 Å². The van der Waals surface area contributed by atoms with Gasteiger partial charge in [-0.2, -0.15) is 0 Å². The van der Waals surface area contributed by atoms with Crippen LogP contribution < -0.4 is 5.73 Å². The van der Waals surface area contributed by atoms with Crippen LogP contribution in [-0.4, -0.2) is 49.0 Å². The third-order valence-electron chi connectivity index (χ3n) is 3.45. The first-order valence-electron chi connectivity index (χ1n) is 6.47. The van der Waals surface area contributed by atoms with Crippen LogP contribution in [0.1, 0.15) is 12.8 Å². The van der Waals surface area contributed by atoms with Crippen LogP contribution in [0.15, 0.2) is 35.3 Å². The Morgan fingerprint density at radius 1 is 1.33 bits per heavy atom. The van der Waals surface area contributed by atoms with Gasteiger partial charge in [-0.05, 0) is 39.1 Å². The fourth-order valence-electron chi connectivity index (χ4n) is 2.29. The number of nitrogens with two attached hydrogens (primary N) is 1. The van der Waals surface area contributed by atoms with Crippen LogP contribution in [0.25, 0.3) is 0 Å². The van der Waals surface area contributed by atoms with E-state index in [2.05, 4.69) is 28.9 Å². The van der Waals surface area contributed by atoms with E-state index in [1.54, 1.807) is 0 Å². The van der Waals surface area contributed by atoms with E-state index >= 15 is 0 Å². The van der Waals surface area contributed by atoms with E-state index in [9.17, 15) is 0 Å². The highest BCUT2D eigenvalue weighted by atomic mass is 15.3. The highest BCUT2D eigenvalue weighted by Gasteiger charge is 2.22. The molecule has 1 aromatic carbocycles. The van der Waals surface area contributed by atoms with Crippen molar-refractivity contribution in [3.8, 4) is 0 Å². The lowest BCUT2D eigenvalue weighted by atomic mass is 10.1. The SMILES string of the molecule is CN(C)C1CCCN(C(N)=Nc2ccccc2)C1. The summed E-state index contributed by atoms with van der Waals surface area (Å²) in [6.07, 6.45) is 2.41. The summed E-state index contributed by atoms with van der Waals surface area (Å²) in [4.78, 5) is 8.93. The minimum absolute atomic E-state index is 0.572. The van der Waals surface area contributed by atoms with E-state index in [0.717, 1.165) is 18.8 Å². The molecular weight excluding hydrogens is 224 g/mol. The quantitative estimate of drug-likeness (QED) is 0.637. The average Bonchev–Trinajstić information content (AvgIpc) is 2.40. The fraction of sp³-hybridized carbons (Fsp3) is 0.500. The molecule has 0 spiro atoms. The molecule has 1 saturated heterocycles. The van der Waals surface area contributed by atoms with Crippen molar-refractivity contribution >= 4 is 11.6 Å². The summed E-state index contributed by atoms with van der Waals surface area (Å²) in [6, 6.07) is 10.5. The third kappa shape index (κ3) is 3.23. The van der Waals surface area contributed by atoms with Crippen LogP contribution >= 0.6 is 0 Å². The second-order valence-corrected chi connectivity index (χ2v) is 5.01. The topological polar surface area (TPSA) is 44.9 Å². The molecule has 2 rings (SSSR count). The Bertz CT molecular complexity index is 400. The molecule has 0 radical (unpaired) electrons. The van der Waals surface area contributed by atoms with Crippen molar-refractivity contribution < 1.29 is 0 Å². The van der Waals surface area contributed by atoms with Gasteiger partial charge in [-0.15, -0.1) is 0 Å². The molecule has 98 valence electrons. The molecule has 4 nitrogen and oxygen atoms in total. The standard InChI is InChI=1S/C14H22N4/c1-17(2)13-9-6-10-18(11-13)14(15)16-12-7-4-3-5-8-12/h3-5,7-8,13H,6,9-11H2,1-2H3,(H2,15,16). The first-order valence-corrected chi connectivity index (χ1v) is 6.47. The van der Waals surface area contributed by atoms with E-state index in [1.807, 2.05) is 30.3 Å². The summed E-state index contributed by atoms with van der Waals surface area (Å²) in [5.41, 5.74) is 7.02. The van der Waals surface area contributed by atoms with Crippen molar-refractivity contribution in [2.24, 2.45) is 10.7 Å². The van der Waals surface area contributed by atoms with E-state index in [0.29, 0.717) is 12.0 Å². The molecule has 18 heavy (non-hydrogen) atoms. The molecule has 2 N–H and O–H groups in total. The molecule has 0 bridgehead atoms. The Morgan fingerprint density at radius 2 is 2.06 bits per heavy atom. The highest BCUT2D eigenvalue weighted by Crippen LogP contribution is 2.15. The number of likely N-dealkylation sites (N-methyl/N-ethyl adjacent to an activating group) is 1. The number of aliphatic imine (C=N–C) groups is 1. The van der Waals surface area contributed by atoms with Gasteiger partial charge in [0.25, 0.3) is 0 Å². The zero-order valence-corrected chi connectivity index (χ0v) is 11.2. The van der Waals surface area contributed by atoms with Crippen LogP contribution in [-0.2, 0) is 0 Å². The summed E-state index contributed by atoms with van der Waals surface area (Å²) >= 11 is 0. The Balaban J connectivity index is 2.04. The van der Waals surface area contributed by atoms with Gasteiger partial charge in [0.05, 0.1) is 5.69 Å². The second kappa shape index (κ2) is 5.87. The van der Waals surface area contributed by atoms with Crippen LogP contribution in [0.2, 0.25) is 0 Å². The fourth-order valence-corrected chi connectivity index (χ4v) is 2.29. The summed E-state index contributed by atoms with van der Waals surface area (Å²) < 4.78 is 0. The Hall–Kier alpha value is -1.55. The van der Waals surface area contributed by atoms with Gasteiger partial charge in [0.2, 0.25) is 0 Å². The van der Waals surface area contributed by atoms with E-state index in [1.165, 1.54) is 12.8 Å². The second-order valence-electron chi connectivity index (χ2n) is 5.01. The van der Waals surface area contributed by atoms with Crippen LogP contribution in [0.5, 0.6) is 0 Å². The lowest BCUT2D eigenvalue weighted by Gasteiger charge is -2.36. The molecular formula is C14H22N4. The molecule has 1 aromatic rings. The van der Waals surface area contributed by atoms with Gasteiger partial charge in [0.1, 0.15) is 0 Å². The molecule has 1 fully saturated rings. The van der Waals surface area contributed by atoms with Crippen molar-refractivity contribution in [2.75, 3.05) is 27.2 Å². The molecule has 0 aromatic heterocycles. The number of rotatable bonds is 2. The Morgan fingerprint density at radius 3 is 2.72 bits per heavy atom. The maximum absolute atomic E-state index is 6.10. The molecule has 0 aliphatic carbocycles. The van der Waals surface area contributed by atoms with E-state index < -0.39 is 0 Å². The number of guanidine groups is 1. The third-order valence-corrected chi connectivity index (χ3v) is 3.45. The largest absolute Gasteiger partial charge is 0.369 e. The van der Waals surface area contributed by atoms with Gasteiger partial charge in [0, 0.05) is 19.1 Å². The summed E-state index contributed by atoms with van der Waals surface area (Å²) in [5, 5.41) is 0. The highest BCUT2D eigenvalue weighted by molar-refractivity contribution is 5.81. The van der Waals surface area contributed by atoms with Gasteiger partial charge in [-0.1, -0.05) is 18.2 Å². The van der Waals surface area contributed by atoms with Crippen molar-refractivity contribution in [3.63, 3.8) is 0 Å². The smallest absolute Gasteiger partial charge is 0.196 e. The van der Waals surface area contributed by atoms with Crippen molar-refractivity contribution in [2.45, 2.75) is 18.9 Å². The van der Waals surface area contributed by atoms with E-state index in [-0.39, 0.29) is 0 Å². The summed E-state index contributed by atoms with van der Waals surface area (Å²) in [7, 11) is 4.25. The molecule has 0 saturated carbocycles. The zero-order valence-electron chi connectivity index (χ0n) is 11.2. The summed E-state index contributed by atoms with van der Waals surface area (Å²) in [5.74, 6) is 0.632. The molecule has 1 unspecified atom stereocenters. The van der Waals surface area contributed by atoms with Gasteiger partial charge in [-0.3, -0.25) is 0 Å². The van der Waals surface area contributed by atoms with Gasteiger partial charge in [0.15, 0.2) is 5.96 Å². The number of benzene rings is 1. The molecule has 4 heteroatoms. The summed E-state index contributed by atoms with van der Waals surface area (Å²) in [6.45, 7) is 1.97. The predicted molar refractivity (Wildman–Crippen MR) is 76.0 cm³/mol. The lowest BCUT2D eigenvalue weighted by Crippen LogP contribution is -2.49. The number of piperidine rings is 1. The number of hydrogen-bond donors (Lipinski definition) is 1. The van der Waals surface area contributed by atoms with Crippen LogP contribution in [0, 0.1) is 0 Å². The maximum Gasteiger partial charge on any atom is 0.196 e. The predicted octanol–water partition coefficient (Wildman–Crippen LogP) is 1.66. The maximum atomic E-state index is 6.10. The molecule has 1 atom stereocenters. The number of likely N-dealkylation sites (tertiary alicyclic amines) is 1. The minimum Gasteiger partial charge on any atom is -0.369 e. The lowest BCUT2D eigenvalue weighted by molar-refractivity contribution is 0.183. The first kappa shape index (κ1) is 12.9. The molecule has 1 aliphatic heterocycles. The van der Waals surface area contributed by atoms with E-state index in [4.69, 9.17) is 5.73 Å². The van der Waals surface area contributed by atoms with Crippen molar-refractivity contribution in [3.05, 3.63) is 30.3 Å². The zero-order chi connectivity index (χ0) is 13.0. The number of para-hydroxylation sites is 1. The van der Waals surface area contributed by atoms with Gasteiger partial charge >= 0.3 is 0 Å².